The summed E-state index contributed by atoms with van der Waals surface area (Å²) in [5, 5.41) is 2.85. The average Bonchev–Trinajstić information content (AvgIpc) is 2.51. The third-order valence-corrected chi connectivity index (χ3v) is 4.04. The zero-order chi connectivity index (χ0) is 16.3. The Hall–Kier alpha value is -0.790. The van der Waals surface area contributed by atoms with Gasteiger partial charge in [0.15, 0.2) is 0 Å². The lowest BCUT2D eigenvalue weighted by Crippen LogP contribution is -2.21. The van der Waals surface area contributed by atoms with Gasteiger partial charge in [-0.2, -0.15) is 0 Å². The summed E-state index contributed by atoms with van der Waals surface area (Å²) < 4.78 is 0. The number of unbranched alkanes of at least 4 members (excludes halogenated alkanes) is 11. The molecular formula is C20H39NO. The van der Waals surface area contributed by atoms with Crippen molar-refractivity contribution in [2.24, 2.45) is 0 Å². The standard InChI is InChI=1S/C20H39NO/c1-3-5-6-7-8-9-10-11-12-13-14-15-16-17-18-19-20(22)21-4-2/h11-12H,3-10,13-19H2,1-2H3,(H,21,22)/b12-11+. The van der Waals surface area contributed by atoms with Crippen LogP contribution in [0.4, 0.5) is 0 Å². The van der Waals surface area contributed by atoms with Gasteiger partial charge in [-0.1, -0.05) is 70.4 Å². The Kier molecular flexibility index (Phi) is 17.6. The minimum atomic E-state index is 0.208. The lowest BCUT2D eigenvalue weighted by atomic mass is 10.1. The predicted octanol–water partition coefficient (Wildman–Crippen LogP) is 6.16. The Morgan fingerprint density at radius 2 is 1.23 bits per heavy atom. The molecule has 0 aromatic heterocycles. The molecule has 2 heteroatoms. The summed E-state index contributed by atoms with van der Waals surface area (Å²) in [6.07, 6.45) is 22.4. The number of amides is 1. The van der Waals surface area contributed by atoms with Gasteiger partial charge >= 0.3 is 0 Å². The van der Waals surface area contributed by atoms with E-state index in [1.54, 1.807) is 0 Å². The molecule has 0 spiro atoms. The molecule has 0 aromatic carbocycles. The second-order valence-corrected chi connectivity index (χ2v) is 6.29. The molecule has 0 heterocycles. The number of hydrogen-bond acceptors (Lipinski definition) is 1. The lowest BCUT2D eigenvalue weighted by Gasteiger charge is -2.02. The van der Waals surface area contributed by atoms with Crippen LogP contribution in [0.2, 0.25) is 0 Å². The number of carbonyl (C=O) groups is 1. The van der Waals surface area contributed by atoms with Crippen LogP contribution >= 0.6 is 0 Å². The Morgan fingerprint density at radius 1 is 0.727 bits per heavy atom. The summed E-state index contributed by atoms with van der Waals surface area (Å²) in [7, 11) is 0. The van der Waals surface area contributed by atoms with Crippen LogP contribution in [0.1, 0.15) is 104 Å². The van der Waals surface area contributed by atoms with Gasteiger partial charge in [0.2, 0.25) is 5.91 Å². The van der Waals surface area contributed by atoms with Crippen molar-refractivity contribution in [3.63, 3.8) is 0 Å². The van der Waals surface area contributed by atoms with Gasteiger partial charge < -0.3 is 5.32 Å². The summed E-state index contributed by atoms with van der Waals surface area (Å²) in [6, 6.07) is 0. The van der Waals surface area contributed by atoms with Crippen LogP contribution < -0.4 is 5.32 Å². The van der Waals surface area contributed by atoms with Gasteiger partial charge in [0.05, 0.1) is 0 Å². The zero-order valence-electron chi connectivity index (χ0n) is 15.2. The molecule has 22 heavy (non-hydrogen) atoms. The highest BCUT2D eigenvalue weighted by Crippen LogP contribution is 2.09. The summed E-state index contributed by atoms with van der Waals surface area (Å²) in [5.74, 6) is 0.208. The molecule has 0 fully saturated rings. The molecule has 0 radical (unpaired) electrons. The Bertz CT molecular complexity index is 260. The van der Waals surface area contributed by atoms with Gasteiger partial charge in [0.1, 0.15) is 0 Å². The first-order valence-electron chi connectivity index (χ1n) is 9.73. The fourth-order valence-electron chi connectivity index (χ4n) is 2.64. The summed E-state index contributed by atoms with van der Waals surface area (Å²) in [4.78, 5) is 11.3. The summed E-state index contributed by atoms with van der Waals surface area (Å²) in [5.41, 5.74) is 0. The fraction of sp³-hybridized carbons (Fsp3) is 0.850. The number of nitrogens with one attached hydrogen (secondary N) is 1. The smallest absolute Gasteiger partial charge is 0.219 e. The predicted molar refractivity (Wildman–Crippen MR) is 98.1 cm³/mol. The molecule has 130 valence electrons. The van der Waals surface area contributed by atoms with Crippen molar-refractivity contribution in [2.75, 3.05) is 6.54 Å². The van der Waals surface area contributed by atoms with E-state index in [-0.39, 0.29) is 5.91 Å². The van der Waals surface area contributed by atoms with Crippen molar-refractivity contribution in [3.8, 4) is 0 Å². The second kappa shape index (κ2) is 18.3. The van der Waals surface area contributed by atoms with E-state index in [2.05, 4.69) is 24.4 Å². The van der Waals surface area contributed by atoms with E-state index in [1.165, 1.54) is 77.0 Å². The molecule has 0 aliphatic carbocycles. The first kappa shape index (κ1) is 21.2. The first-order valence-corrected chi connectivity index (χ1v) is 9.73. The van der Waals surface area contributed by atoms with Crippen molar-refractivity contribution in [2.45, 2.75) is 104 Å². The van der Waals surface area contributed by atoms with Gasteiger partial charge in [-0.05, 0) is 39.0 Å². The van der Waals surface area contributed by atoms with Crippen molar-refractivity contribution in [3.05, 3.63) is 12.2 Å². The van der Waals surface area contributed by atoms with Crippen molar-refractivity contribution in [1.29, 1.82) is 0 Å². The SMILES string of the molecule is CCCCCCCC/C=C/CCCCCCCC(=O)NCC. The van der Waals surface area contributed by atoms with E-state index >= 15 is 0 Å². The summed E-state index contributed by atoms with van der Waals surface area (Å²) >= 11 is 0. The number of hydrogen-bond donors (Lipinski definition) is 1. The van der Waals surface area contributed by atoms with Gasteiger partial charge in [-0.3, -0.25) is 4.79 Å². The molecule has 0 saturated heterocycles. The minimum absolute atomic E-state index is 0.208. The maximum absolute atomic E-state index is 11.3. The molecule has 0 atom stereocenters. The second-order valence-electron chi connectivity index (χ2n) is 6.29. The molecule has 1 amide bonds. The number of carbonyl (C=O) groups excluding carboxylic acids is 1. The lowest BCUT2D eigenvalue weighted by molar-refractivity contribution is -0.121. The molecule has 0 aliphatic rings. The van der Waals surface area contributed by atoms with Crippen LogP contribution in [0.25, 0.3) is 0 Å². The van der Waals surface area contributed by atoms with E-state index in [4.69, 9.17) is 0 Å². The van der Waals surface area contributed by atoms with Crippen molar-refractivity contribution < 1.29 is 4.79 Å². The minimum Gasteiger partial charge on any atom is -0.356 e. The van der Waals surface area contributed by atoms with Crippen molar-refractivity contribution in [1.82, 2.24) is 5.32 Å². The molecule has 0 bridgehead atoms. The zero-order valence-corrected chi connectivity index (χ0v) is 15.2. The van der Waals surface area contributed by atoms with E-state index in [0.717, 1.165) is 13.0 Å². The van der Waals surface area contributed by atoms with E-state index < -0.39 is 0 Å². The monoisotopic (exact) mass is 309 g/mol. The van der Waals surface area contributed by atoms with E-state index in [0.29, 0.717) is 6.42 Å². The normalized spacial score (nSPS) is 11.2. The van der Waals surface area contributed by atoms with Gasteiger partial charge in [-0.25, -0.2) is 0 Å². The van der Waals surface area contributed by atoms with Crippen molar-refractivity contribution >= 4 is 5.91 Å². The Labute approximate surface area is 139 Å². The van der Waals surface area contributed by atoms with E-state index in [9.17, 15) is 4.79 Å². The summed E-state index contributed by atoms with van der Waals surface area (Å²) in [6.45, 7) is 4.99. The molecule has 0 aromatic rings. The number of rotatable bonds is 16. The highest BCUT2D eigenvalue weighted by atomic mass is 16.1. The third kappa shape index (κ3) is 17.3. The molecular weight excluding hydrogens is 270 g/mol. The molecule has 0 rings (SSSR count). The molecule has 1 N–H and O–H groups in total. The van der Waals surface area contributed by atoms with Gasteiger partial charge in [0, 0.05) is 13.0 Å². The van der Waals surface area contributed by atoms with Crippen LogP contribution in [-0.4, -0.2) is 12.5 Å². The largest absolute Gasteiger partial charge is 0.356 e. The highest BCUT2D eigenvalue weighted by Gasteiger charge is 1.98. The van der Waals surface area contributed by atoms with Crippen LogP contribution in [0.15, 0.2) is 12.2 Å². The quantitative estimate of drug-likeness (QED) is 0.268. The molecule has 0 unspecified atom stereocenters. The first-order chi connectivity index (χ1) is 10.8. The molecule has 2 nitrogen and oxygen atoms in total. The Balaban J connectivity index is 3.12. The van der Waals surface area contributed by atoms with E-state index in [1.807, 2.05) is 6.92 Å². The van der Waals surface area contributed by atoms with Crippen LogP contribution in [-0.2, 0) is 4.79 Å². The molecule has 0 aliphatic heterocycles. The average molecular weight is 310 g/mol. The highest BCUT2D eigenvalue weighted by molar-refractivity contribution is 5.75. The fourth-order valence-corrected chi connectivity index (χ4v) is 2.64. The Morgan fingerprint density at radius 3 is 1.77 bits per heavy atom. The van der Waals surface area contributed by atoms with Gasteiger partial charge in [0.25, 0.3) is 0 Å². The number of allylic oxidation sites excluding steroid dienone is 2. The topological polar surface area (TPSA) is 29.1 Å². The van der Waals surface area contributed by atoms with Gasteiger partial charge in [-0.15, -0.1) is 0 Å². The maximum Gasteiger partial charge on any atom is 0.219 e. The van der Waals surface area contributed by atoms with Crippen LogP contribution in [0.3, 0.4) is 0 Å². The molecule has 0 saturated carbocycles. The van der Waals surface area contributed by atoms with Crippen LogP contribution in [0.5, 0.6) is 0 Å². The maximum atomic E-state index is 11.3. The third-order valence-electron chi connectivity index (χ3n) is 4.04. The van der Waals surface area contributed by atoms with Crippen LogP contribution in [0, 0.1) is 0 Å².